The number of hydrogen-bond acceptors (Lipinski definition) is 5. The molecule has 0 saturated carbocycles. The predicted molar refractivity (Wildman–Crippen MR) is 110 cm³/mol. The summed E-state index contributed by atoms with van der Waals surface area (Å²) in [6, 6.07) is 7.67. The molecule has 0 bridgehead atoms. The molecule has 1 aliphatic rings. The molecule has 1 saturated heterocycles. The second-order valence-corrected chi connectivity index (χ2v) is 8.50. The number of rotatable bonds is 4. The van der Waals surface area contributed by atoms with Crippen molar-refractivity contribution in [3.05, 3.63) is 35.3 Å². The second kappa shape index (κ2) is 6.90. The van der Waals surface area contributed by atoms with Gasteiger partial charge in [0.05, 0.1) is 23.1 Å². The van der Waals surface area contributed by atoms with E-state index in [9.17, 15) is 9.59 Å². The number of benzene rings is 1. The number of urea groups is 1. The summed E-state index contributed by atoms with van der Waals surface area (Å²) in [5, 5.41) is 8.10. The van der Waals surface area contributed by atoms with E-state index in [4.69, 9.17) is 0 Å². The molecule has 2 aromatic heterocycles. The van der Waals surface area contributed by atoms with Crippen molar-refractivity contribution in [2.75, 3.05) is 23.3 Å². The van der Waals surface area contributed by atoms with Crippen LogP contribution in [0.15, 0.2) is 29.6 Å². The zero-order chi connectivity index (χ0) is 19.9. The highest BCUT2D eigenvalue weighted by Gasteiger charge is 2.25. The molecule has 2 N–H and O–H groups in total. The quantitative estimate of drug-likeness (QED) is 0.707. The maximum Gasteiger partial charge on any atom is 0.323 e. The van der Waals surface area contributed by atoms with E-state index in [1.165, 1.54) is 11.3 Å². The summed E-state index contributed by atoms with van der Waals surface area (Å²) in [7, 11) is 0. The number of fused-ring (bicyclic) bond motifs is 1. The molecule has 0 radical (unpaired) electrons. The third kappa shape index (κ3) is 3.45. The van der Waals surface area contributed by atoms with Crippen molar-refractivity contribution in [3.8, 4) is 0 Å². The standard InChI is InChI=1S/C19H22N6O2S/c1-19(2,3)25-14-7-5-4-6-13(14)22-16(25)23-15(26)10-12-11-28-18(21-12)24-9-8-20-17(24)27/h4-7,11H,8-10H2,1-3H3,(H,20,27)(H,22,23,26). The van der Waals surface area contributed by atoms with Crippen LogP contribution in [0.25, 0.3) is 11.0 Å². The molecule has 1 aromatic carbocycles. The maximum atomic E-state index is 12.6. The van der Waals surface area contributed by atoms with E-state index in [1.54, 1.807) is 4.90 Å². The Hall–Kier alpha value is -2.94. The van der Waals surface area contributed by atoms with Gasteiger partial charge in [-0.25, -0.2) is 14.8 Å². The average Bonchev–Trinajstić information content (AvgIpc) is 3.31. The third-order valence-corrected chi connectivity index (χ3v) is 5.36. The van der Waals surface area contributed by atoms with E-state index < -0.39 is 0 Å². The van der Waals surface area contributed by atoms with Gasteiger partial charge in [0.2, 0.25) is 11.9 Å². The molecule has 1 aliphatic heterocycles. The van der Waals surface area contributed by atoms with E-state index in [1.807, 2.05) is 34.2 Å². The average molecular weight is 398 g/mol. The van der Waals surface area contributed by atoms with Gasteiger partial charge in [0, 0.05) is 24.0 Å². The zero-order valence-electron chi connectivity index (χ0n) is 16.0. The summed E-state index contributed by atoms with van der Waals surface area (Å²) in [6.07, 6.45) is 0.124. The fraction of sp³-hybridized carbons (Fsp3) is 0.368. The van der Waals surface area contributed by atoms with Gasteiger partial charge in [-0.05, 0) is 32.9 Å². The zero-order valence-corrected chi connectivity index (χ0v) is 16.8. The van der Waals surface area contributed by atoms with Crippen LogP contribution in [-0.2, 0) is 16.8 Å². The molecule has 8 nitrogen and oxygen atoms in total. The maximum absolute atomic E-state index is 12.6. The number of para-hydroxylation sites is 2. The lowest BCUT2D eigenvalue weighted by molar-refractivity contribution is -0.115. The first-order chi connectivity index (χ1) is 13.3. The van der Waals surface area contributed by atoms with Crippen molar-refractivity contribution in [3.63, 3.8) is 0 Å². The summed E-state index contributed by atoms with van der Waals surface area (Å²) in [6.45, 7) is 7.42. The number of nitrogens with one attached hydrogen (secondary N) is 2. The van der Waals surface area contributed by atoms with Crippen LogP contribution in [0.2, 0.25) is 0 Å². The number of carbonyl (C=O) groups is 2. The molecule has 3 heterocycles. The summed E-state index contributed by atoms with van der Waals surface area (Å²) in [5.41, 5.74) is 2.20. The molecule has 0 aliphatic carbocycles. The highest BCUT2D eigenvalue weighted by Crippen LogP contribution is 2.28. The van der Waals surface area contributed by atoms with Gasteiger partial charge in [0.25, 0.3) is 0 Å². The van der Waals surface area contributed by atoms with Gasteiger partial charge in [-0.2, -0.15) is 0 Å². The van der Waals surface area contributed by atoms with E-state index in [0.29, 0.717) is 29.9 Å². The Morgan fingerprint density at radius 3 is 2.79 bits per heavy atom. The fourth-order valence-electron chi connectivity index (χ4n) is 3.28. The molecule has 146 valence electrons. The van der Waals surface area contributed by atoms with Crippen molar-refractivity contribution in [1.29, 1.82) is 0 Å². The first kappa shape index (κ1) is 18.4. The van der Waals surface area contributed by atoms with Crippen molar-refractivity contribution < 1.29 is 9.59 Å². The summed E-state index contributed by atoms with van der Waals surface area (Å²) in [5.74, 6) is 0.330. The number of imidazole rings is 1. The number of thiazole rings is 1. The first-order valence-corrected chi connectivity index (χ1v) is 9.98. The van der Waals surface area contributed by atoms with Crippen LogP contribution in [0.5, 0.6) is 0 Å². The topological polar surface area (TPSA) is 92.2 Å². The number of hydrogen-bond donors (Lipinski definition) is 2. The van der Waals surface area contributed by atoms with Crippen molar-refractivity contribution in [2.24, 2.45) is 0 Å². The van der Waals surface area contributed by atoms with Crippen LogP contribution in [-0.4, -0.2) is 39.6 Å². The lowest BCUT2D eigenvalue weighted by Gasteiger charge is -2.24. The van der Waals surface area contributed by atoms with Crippen LogP contribution >= 0.6 is 11.3 Å². The molecule has 4 rings (SSSR count). The number of carbonyl (C=O) groups excluding carboxylic acids is 2. The Morgan fingerprint density at radius 2 is 2.07 bits per heavy atom. The lowest BCUT2D eigenvalue weighted by Crippen LogP contribution is -2.27. The molecule has 0 atom stereocenters. The smallest absolute Gasteiger partial charge is 0.323 e. The number of amides is 3. The Morgan fingerprint density at radius 1 is 1.29 bits per heavy atom. The third-order valence-electron chi connectivity index (χ3n) is 4.45. The SMILES string of the molecule is CC(C)(C)n1c(NC(=O)Cc2csc(N3CCNC3=O)n2)nc2ccccc21. The Labute approximate surface area is 166 Å². The van der Waals surface area contributed by atoms with Crippen LogP contribution in [0.1, 0.15) is 26.5 Å². The first-order valence-electron chi connectivity index (χ1n) is 9.10. The fourth-order valence-corrected chi connectivity index (χ4v) is 4.13. The number of anilines is 2. The van der Waals surface area contributed by atoms with Gasteiger partial charge in [-0.3, -0.25) is 15.0 Å². The summed E-state index contributed by atoms with van der Waals surface area (Å²) in [4.78, 5) is 35.0. The van der Waals surface area contributed by atoms with E-state index in [-0.39, 0.29) is 23.9 Å². The minimum Gasteiger partial charge on any atom is -0.336 e. The second-order valence-electron chi connectivity index (χ2n) is 7.66. The molecule has 3 aromatic rings. The predicted octanol–water partition coefficient (Wildman–Crippen LogP) is 2.96. The van der Waals surface area contributed by atoms with Crippen molar-refractivity contribution in [1.82, 2.24) is 19.9 Å². The summed E-state index contributed by atoms with van der Waals surface area (Å²) >= 11 is 1.36. The van der Waals surface area contributed by atoms with E-state index in [0.717, 1.165) is 11.0 Å². The van der Waals surface area contributed by atoms with Crippen molar-refractivity contribution in [2.45, 2.75) is 32.7 Å². The lowest BCUT2D eigenvalue weighted by atomic mass is 10.1. The van der Waals surface area contributed by atoms with Crippen LogP contribution < -0.4 is 15.5 Å². The van der Waals surface area contributed by atoms with Crippen LogP contribution in [0.3, 0.4) is 0 Å². The Bertz CT molecular complexity index is 1050. The normalized spacial score (nSPS) is 14.5. The minimum atomic E-state index is -0.240. The Kier molecular flexibility index (Phi) is 4.54. The summed E-state index contributed by atoms with van der Waals surface area (Å²) < 4.78 is 2.03. The minimum absolute atomic E-state index is 0.124. The molecular formula is C19H22N6O2S. The van der Waals surface area contributed by atoms with Crippen LogP contribution in [0.4, 0.5) is 15.9 Å². The number of aromatic nitrogens is 3. The highest BCUT2D eigenvalue weighted by atomic mass is 32.1. The molecule has 0 spiro atoms. The monoisotopic (exact) mass is 398 g/mol. The number of nitrogens with zero attached hydrogens (tertiary/aromatic N) is 4. The molecular weight excluding hydrogens is 376 g/mol. The van der Waals surface area contributed by atoms with Gasteiger partial charge in [-0.15, -0.1) is 11.3 Å². The molecule has 1 fully saturated rings. The van der Waals surface area contributed by atoms with Gasteiger partial charge in [0.1, 0.15) is 0 Å². The Balaban J connectivity index is 1.53. The molecule has 0 unspecified atom stereocenters. The highest BCUT2D eigenvalue weighted by molar-refractivity contribution is 7.14. The van der Waals surface area contributed by atoms with Gasteiger partial charge in [0.15, 0.2) is 5.13 Å². The van der Waals surface area contributed by atoms with Gasteiger partial charge >= 0.3 is 6.03 Å². The molecule has 3 amide bonds. The molecule has 9 heteroatoms. The largest absolute Gasteiger partial charge is 0.336 e. The van der Waals surface area contributed by atoms with E-state index >= 15 is 0 Å². The molecule has 28 heavy (non-hydrogen) atoms. The van der Waals surface area contributed by atoms with E-state index in [2.05, 4.69) is 41.4 Å². The van der Waals surface area contributed by atoms with Crippen molar-refractivity contribution >= 4 is 45.4 Å². The van der Waals surface area contributed by atoms with Gasteiger partial charge < -0.3 is 9.88 Å². The van der Waals surface area contributed by atoms with Gasteiger partial charge in [-0.1, -0.05) is 12.1 Å². The van der Waals surface area contributed by atoms with Crippen LogP contribution in [0, 0.1) is 0 Å².